The standard InChI is InChI=1S/C31H39N3.C2H6.C2H4/c1-17-15-31(10)16-30(8,9)19-13-23-21(12-20(19)31)33-27-26-18(17)11-24(28(2,3)4)32-22(26)14-25(34(23)27)29(5,6)7;2*1-2/h11-14,17H,15-16H2,1-10H3;1-2H3;1-2H2. The molecular weight excluding hydrogens is 462 g/mol. The van der Waals surface area contributed by atoms with Crippen LogP contribution in [0.2, 0.25) is 0 Å². The third-order valence-electron chi connectivity index (χ3n) is 8.65. The predicted octanol–water partition coefficient (Wildman–Crippen LogP) is 9.91. The first-order valence-corrected chi connectivity index (χ1v) is 14.5. The second kappa shape index (κ2) is 8.93. The number of hydrogen-bond donors (Lipinski definition) is 0. The Hall–Kier alpha value is -2.68. The number of imidazole rings is 1. The van der Waals surface area contributed by atoms with E-state index in [0.29, 0.717) is 5.92 Å². The highest BCUT2D eigenvalue weighted by Gasteiger charge is 2.46. The van der Waals surface area contributed by atoms with E-state index in [1.54, 1.807) is 0 Å². The quantitative estimate of drug-likeness (QED) is 0.220. The topological polar surface area (TPSA) is 30.2 Å². The predicted molar refractivity (Wildman–Crippen MR) is 166 cm³/mol. The number of benzene rings is 1. The monoisotopic (exact) mass is 511 g/mol. The molecular formula is C35H49N3. The Morgan fingerprint density at radius 1 is 0.842 bits per heavy atom. The van der Waals surface area contributed by atoms with Crippen LogP contribution in [0.3, 0.4) is 0 Å². The van der Waals surface area contributed by atoms with Crippen LogP contribution in [0.1, 0.15) is 130 Å². The largest absolute Gasteiger partial charge is 0.295 e. The lowest BCUT2D eigenvalue weighted by Gasteiger charge is -2.32. The van der Waals surface area contributed by atoms with Crippen LogP contribution in [0.15, 0.2) is 37.4 Å². The van der Waals surface area contributed by atoms with Gasteiger partial charge < -0.3 is 0 Å². The summed E-state index contributed by atoms with van der Waals surface area (Å²) < 4.78 is 2.46. The molecule has 0 saturated carbocycles. The Morgan fingerprint density at radius 3 is 2.05 bits per heavy atom. The Labute approximate surface area is 230 Å². The summed E-state index contributed by atoms with van der Waals surface area (Å²) in [5, 5.41) is 1.25. The first kappa shape index (κ1) is 28.3. The molecule has 2 atom stereocenters. The fourth-order valence-electron chi connectivity index (χ4n) is 7.18. The molecule has 4 heterocycles. The molecule has 0 radical (unpaired) electrons. The summed E-state index contributed by atoms with van der Waals surface area (Å²) in [4.78, 5) is 10.6. The van der Waals surface area contributed by atoms with Crippen molar-refractivity contribution < 1.29 is 0 Å². The van der Waals surface area contributed by atoms with Crippen molar-refractivity contribution in [2.24, 2.45) is 0 Å². The highest BCUT2D eigenvalue weighted by Crippen LogP contribution is 2.55. The van der Waals surface area contributed by atoms with Crippen LogP contribution in [0.4, 0.5) is 0 Å². The second-order valence-electron chi connectivity index (χ2n) is 14.3. The average molecular weight is 512 g/mol. The van der Waals surface area contributed by atoms with E-state index in [4.69, 9.17) is 9.97 Å². The molecule has 0 spiro atoms. The van der Waals surface area contributed by atoms with E-state index in [0.717, 1.165) is 23.1 Å². The highest BCUT2D eigenvalue weighted by molar-refractivity contribution is 6.00. The minimum atomic E-state index is -0.0332. The molecule has 1 aromatic carbocycles. The van der Waals surface area contributed by atoms with Crippen molar-refractivity contribution in [3.8, 4) is 0 Å². The van der Waals surface area contributed by atoms with Crippen molar-refractivity contribution in [2.75, 3.05) is 0 Å². The minimum Gasteiger partial charge on any atom is -0.295 e. The number of pyridine rings is 2. The van der Waals surface area contributed by atoms with E-state index in [9.17, 15) is 0 Å². The molecule has 2 aliphatic rings. The lowest BCUT2D eigenvalue weighted by Crippen LogP contribution is -2.25. The molecule has 6 rings (SSSR count). The Bertz CT molecular complexity index is 1540. The lowest BCUT2D eigenvalue weighted by molar-refractivity contribution is 0.337. The van der Waals surface area contributed by atoms with Gasteiger partial charge in [-0.1, -0.05) is 83.1 Å². The van der Waals surface area contributed by atoms with Crippen molar-refractivity contribution in [1.82, 2.24) is 14.4 Å². The van der Waals surface area contributed by atoms with E-state index < -0.39 is 0 Å². The molecule has 4 aromatic rings. The first-order chi connectivity index (χ1) is 17.6. The Kier molecular flexibility index (Phi) is 6.66. The third-order valence-corrected chi connectivity index (χ3v) is 8.65. The van der Waals surface area contributed by atoms with Gasteiger partial charge in [0.2, 0.25) is 0 Å². The van der Waals surface area contributed by atoms with Crippen molar-refractivity contribution in [1.29, 1.82) is 0 Å². The molecule has 0 saturated heterocycles. The Balaban J connectivity index is 0.000000804. The zero-order valence-corrected chi connectivity index (χ0v) is 26.1. The van der Waals surface area contributed by atoms with Crippen molar-refractivity contribution >= 4 is 27.6 Å². The van der Waals surface area contributed by atoms with Gasteiger partial charge in [-0.05, 0) is 70.5 Å². The fourth-order valence-corrected chi connectivity index (χ4v) is 7.18. The van der Waals surface area contributed by atoms with E-state index in [-0.39, 0.29) is 21.7 Å². The molecule has 2 unspecified atom stereocenters. The van der Waals surface area contributed by atoms with Crippen LogP contribution in [-0.4, -0.2) is 14.4 Å². The number of nitrogens with zero attached hydrogens (tertiary/aromatic N) is 3. The average Bonchev–Trinajstić information content (AvgIpc) is 3.29. The van der Waals surface area contributed by atoms with Gasteiger partial charge in [0.1, 0.15) is 5.65 Å². The normalized spacial score (nSPS) is 21.7. The highest BCUT2D eigenvalue weighted by atomic mass is 15.0. The third kappa shape index (κ3) is 4.08. The van der Waals surface area contributed by atoms with Gasteiger partial charge >= 0.3 is 0 Å². The maximum absolute atomic E-state index is 5.35. The van der Waals surface area contributed by atoms with E-state index in [1.807, 2.05) is 13.8 Å². The van der Waals surface area contributed by atoms with Crippen LogP contribution in [0.25, 0.3) is 27.6 Å². The number of fused-ring (bicyclic) bond motifs is 1. The summed E-state index contributed by atoms with van der Waals surface area (Å²) in [5.74, 6) is 0.416. The Morgan fingerprint density at radius 2 is 1.47 bits per heavy atom. The van der Waals surface area contributed by atoms with Gasteiger partial charge in [0, 0.05) is 27.6 Å². The van der Waals surface area contributed by atoms with Crippen LogP contribution in [0.5, 0.6) is 0 Å². The van der Waals surface area contributed by atoms with Gasteiger partial charge in [-0.2, -0.15) is 0 Å². The van der Waals surface area contributed by atoms with Crippen molar-refractivity contribution in [3.63, 3.8) is 0 Å². The van der Waals surface area contributed by atoms with Gasteiger partial charge in [-0.15, -0.1) is 13.2 Å². The van der Waals surface area contributed by atoms with Gasteiger partial charge in [0.25, 0.3) is 0 Å². The van der Waals surface area contributed by atoms with Crippen LogP contribution >= 0.6 is 0 Å². The van der Waals surface area contributed by atoms with Crippen molar-refractivity contribution in [2.45, 2.75) is 124 Å². The summed E-state index contributed by atoms with van der Waals surface area (Å²) in [7, 11) is 0. The molecule has 0 fully saturated rings. The molecule has 204 valence electrons. The fraction of sp³-hybridized carbons (Fsp3) is 0.543. The molecule has 1 aliphatic heterocycles. The molecule has 0 amide bonds. The smallest absolute Gasteiger partial charge is 0.147 e. The van der Waals surface area contributed by atoms with Gasteiger partial charge in [-0.3, -0.25) is 9.38 Å². The van der Waals surface area contributed by atoms with Gasteiger partial charge in [0.15, 0.2) is 0 Å². The van der Waals surface area contributed by atoms with Crippen LogP contribution < -0.4 is 0 Å². The molecule has 3 heteroatoms. The first-order valence-electron chi connectivity index (χ1n) is 14.5. The molecule has 3 bridgehead atoms. The zero-order chi connectivity index (χ0) is 28.6. The summed E-state index contributed by atoms with van der Waals surface area (Å²) in [6.07, 6.45) is 2.33. The molecule has 0 N–H and O–H groups in total. The number of hydrogen-bond acceptors (Lipinski definition) is 2. The summed E-state index contributed by atoms with van der Waals surface area (Å²) >= 11 is 0. The van der Waals surface area contributed by atoms with Gasteiger partial charge in [0.05, 0.1) is 16.6 Å². The summed E-state index contributed by atoms with van der Waals surface area (Å²) in [5.41, 5.74) is 11.7. The van der Waals surface area contributed by atoms with Gasteiger partial charge in [-0.25, -0.2) is 4.98 Å². The van der Waals surface area contributed by atoms with E-state index in [2.05, 4.69) is 111 Å². The second-order valence-corrected chi connectivity index (χ2v) is 14.3. The van der Waals surface area contributed by atoms with Crippen molar-refractivity contribution in [3.05, 3.63) is 65.5 Å². The molecule has 3 nitrogen and oxygen atoms in total. The molecule has 1 aliphatic carbocycles. The molecule has 38 heavy (non-hydrogen) atoms. The maximum Gasteiger partial charge on any atom is 0.147 e. The zero-order valence-electron chi connectivity index (χ0n) is 26.1. The van der Waals surface area contributed by atoms with Crippen LogP contribution in [-0.2, 0) is 21.7 Å². The van der Waals surface area contributed by atoms with E-state index >= 15 is 0 Å². The maximum atomic E-state index is 5.35. The van der Waals surface area contributed by atoms with Crippen LogP contribution in [0, 0.1) is 0 Å². The molecule has 3 aromatic heterocycles. The summed E-state index contributed by atoms with van der Waals surface area (Å²) in [6.45, 7) is 33.5. The number of rotatable bonds is 0. The minimum absolute atomic E-state index is 0.00745. The number of aromatic nitrogens is 3. The SMILES string of the molecule is C=C.CC.CC1CC2(C)CC(C)(C)c3cc4c(cc32)nc2c3c1cc(C(C)(C)C)nc3cc(C(C)(C)C)n42. The lowest BCUT2D eigenvalue weighted by atomic mass is 9.72. The summed E-state index contributed by atoms with van der Waals surface area (Å²) in [6, 6.07) is 9.66. The van der Waals surface area contributed by atoms with E-state index in [1.165, 1.54) is 45.4 Å².